The van der Waals surface area contributed by atoms with E-state index in [4.69, 9.17) is 13.9 Å². The largest absolute Gasteiger partial charge is 0.497 e. The van der Waals surface area contributed by atoms with Gasteiger partial charge in [-0.3, -0.25) is 9.59 Å². The number of anilines is 1. The minimum atomic E-state index is -0.225. The quantitative estimate of drug-likeness (QED) is 0.493. The summed E-state index contributed by atoms with van der Waals surface area (Å²) in [6, 6.07) is 16.0. The summed E-state index contributed by atoms with van der Waals surface area (Å²) in [6.45, 7) is 0.289. The highest BCUT2D eigenvalue weighted by Gasteiger charge is 2.14. The number of benzene rings is 2. The van der Waals surface area contributed by atoms with E-state index in [1.54, 1.807) is 54.5 Å². The van der Waals surface area contributed by atoms with Crippen LogP contribution in [-0.4, -0.2) is 24.7 Å². The Kier molecular flexibility index (Phi) is 5.75. The predicted octanol–water partition coefficient (Wildman–Crippen LogP) is 3.84. The van der Waals surface area contributed by atoms with Crippen LogP contribution in [0.1, 0.15) is 11.3 Å². The molecule has 0 unspecified atom stereocenters. The monoisotopic (exact) mass is 418 g/mol. The van der Waals surface area contributed by atoms with Crippen LogP contribution in [0, 0.1) is 0 Å². The molecule has 0 atom stereocenters. The van der Waals surface area contributed by atoms with Crippen LogP contribution >= 0.6 is 0 Å². The molecular weight excluding hydrogens is 396 g/mol. The molecule has 158 valence electrons. The number of pyridine rings is 1. The summed E-state index contributed by atoms with van der Waals surface area (Å²) in [5.41, 5.74) is 1.15. The molecule has 0 radical (unpaired) electrons. The molecule has 1 N–H and O–H groups in total. The Bertz CT molecular complexity index is 1280. The maximum atomic E-state index is 12.9. The van der Waals surface area contributed by atoms with Crippen molar-refractivity contribution in [1.82, 2.24) is 4.57 Å². The van der Waals surface area contributed by atoms with Crippen LogP contribution in [0.5, 0.6) is 11.5 Å². The summed E-state index contributed by atoms with van der Waals surface area (Å²) in [5, 5.41) is 4.19. The normalized spacial score (nSPS) is 10.8. The summed E-state index contributed by atoms with van der Waals surface area (Å²) < 4.78 is 17.5. The lowest BCUT2D eigenvalue weighted by Gasteiger charge is -2.14. The zero-order valence-corrected chi connectivity index (χ0v) is 17.3. The minimum absolute atomic E-state index is 0.0914. The third-order valence-electron chi connectivity index (χ3n) is 5.02. The lowest BCUT2D eigenvalue weighted by Crippen LogP contribution is -2.23. The maximum Gasteiger partial charge on any atom is 0.258 e. The van der Waals surface area contributed by atoms with Crippen LogP contribution in [0.4, 0.5) is 5.69 Å². The molecule has 4 aromatic rings. The summed E-state index contributed by atoms with van der Waals surface area (Å²) in [4.78, 5) is 25.8. The number of methoxy groups -OCH3 is 2. The molecule has 2 aromatic carbocycles. The minimum Gasteiger partial charge on any atom is -0.497 e. The lowest BCUT2D eigenvalue weighted by atomic mass is 10.0. The number of nitrogens with one attached hydrogen (secondary N) is 1. The van der Waals surface area contributed by atoms with E-state index in [1.807, 2.05) is 24.3 Å². The van der Waals surface area contributed by atoms with Gasteiger partial charge in [0.2, 0.25) is 5.91 Å². The fraction of sp³-hybridized carbons (Fsp3) is 0.167. The average Bonchev–Trinajstić information content (AvgIpc) is 3.30. The van der Waals surface area contributed by atoms with Crippen molar-refractivity contribution in [3.8, 4) is 11.5 Å². The third kappa shape index (κ3) is 4.30. The van der Waals surface area contributed by atoms with Gasteiger partial charge in [0.25, 0.3) is 5.56 Å². The number of amides is 1. The van der Waals surface area contributed by atoms with Gasteiger partial charge in [-0.25, -0.2) is 0 Å². The van der Waals surface area contributed by atoms with E-state index in [0.717, 1.165) is 10.9 Å². The summed E-state index contributed by atoms with van der Waals surface area (Å²) in [5.74, 6) is 1.57. The van der Waals surface area contributed by atoms with E-state index in [-0.39, 0.29) is 24.4 Å². The molecular formula is C24H22N2O5. The average molecular weight is 418 g/mol. The Morgan fingerprint density at radius 3 is 2.55 bits per heavy atom. The molecule has 4 rings (SSSR count). The zero-order chi connectivity index (χ0) is 21.8. The molecule has 1 amide bonds. The van der Waals surface area contributed by atoms with E-state index < -0.39 is 0 Å². The van der Waals surface area contributed by atoms with E-state index in [1.165, 1.54) is 7.11 Å². The fourth-order valence-corrected chi connectivity index (χ4v) is 3.52. The van der Waals surface area contributed by atoms with Gasteiger partial charge in [0.1, 0.15) is 17.3 Å². The molecule has 2 heterocycles. The first-order valence-electron chi connectivity index (χ1n) is 9.74. The number of hydrogen-bond acceptors (Lipinski definition) is 5. The van der Waals surface area contributed by atoms with E-state index in [0.29, 0.717) is 28.3 Å². The number of ether oxygens (including phenoxy) is 2. The molecule has 0 spiro atoms. The Morgan fingerprint density at radius 2 is 1.84 bits per heavy atom. The number of carbonyl (C=O) groups excluding carboxylic acids is 1. The zero-order valence-electron chi connectivity index (χ0n) is 17.3. The van der Waals surface area contributed by atoms with Crippen molar-refractivity contribution in [3.05, 3.63) is 88.7 Å². The number of carbonyl (C=O) groups is 1. The van der Waals surface area contributed by atoms with E-state index in [9.17, 15) is 9.59 Å². The van der Waals surface area contributed by atoms with Crippen molar-refractivity contribution in [2.75, 3.05) is 19.5 Å². The Labute approximate surface area is 178 Å². The molecule has 0 fully saturated rings. The maximum absolute atomic E-state index is 12.9. The van der Waals surface area contributed by atoms with Gasteiger partial charge >= 0.3 is 0 Å². The van der Waals surface area contributed by atoms with Crippen LogP contribution in [0.15, 0.2) is 76.3 Å². The second-order valence-corrected chi connectivity index (χ2v) is 7.00. The van der Waals surface area contributed by atoms with Crippen LogP contribution in [0.25, 0.3) is 10.8 Å². The molecule has 7 nitrogen and oxygen atoms in total. The number of hydrogen-bond donors (Lipinski definition) is 1. The molecule has 7 heteroatoms. The lowest BCUT2D eigenvalue weighted by molar-refractivity contribution is -0.115. The van der Waals surface area contributed by atoms with E-state index >= 15 is 0 Å². The standard InChI is InChI=1S/C24H22N2O5/c1-29-17-9-10-21(22(13-17)30-2)25-23(27)12-16-14-26(15-18-6-5-11-31-18)24(28)20-8-4-3-7-19(16)20/h3-11,13-14H,12,15H2,1-2H3,(H,25,27). The van der Waals surface area contributed by atoms with Crippen molar-refractivity contribution >= 4 is 22.4 Å². The Balaban J connectivity index is 1.65. The van der Waals surface area contributed by atoms with Gasteiger partial charge in [-0.2, -0.15) is 0 Å². The first-order chi connectivity index (χ1) is 15.1. The Hall–Kier alpha value is -4.00. The van der Waals surface area contributed by atoms with E-state index in [2.05, 4.69) is 5.32 Å². The summed E-state index contributed by atoms with van der Waals surface area (Å²) >= 11 is 0. The van der Waals surface area contributed by atoms with Gasteiger partial charge in [-0.15, -0.1) is 0 Å². The van der Waals surface area contributed by atoms with Crippen LogP contribution in [0.2, 0.25) is 0 Å². The first kappa shape index (κ1) is 20.3. The van der Waals surface area contributed by atoms with Gasteiger partial charge in [0, 0.05) is 17.6 Å². The van der Waals surface area contributed by atoms with Crippen molar-refractivity contribution in [1.29, 1.82) is 0 Å². The number of aromatic nitrogens is 1. The first-order valence-corrected chi connectivity index (χ1v) is 9.74. The van der Waals surface area contributed by atoms with Gasteiger partial charge in [-0.05, 0) is 41.3 Å². The second kappa shape index (κ2) is 8.79. The molecule has 0 aliphatic rings. The highest BCUT2D eigenvalue weighted by atomic mass is 16.5. The van der Waals surface area contributed by atoms with Crippen molar-refractivity contribution in [2.24, 2.45) is 0 Å². The molecule has 0 saturated carbocycles. The van der Waals surface area contributed by atoms with Gasteiger partial charge < -0.3 is 23.8 Å². The van der Waals surface area contributed by atoms with Gasteiger partial charge in [0.05, 0.1) is 39.1 Å². The van der Waals surface area contributed by atoms with Crippen LogP contribution < -0.4 is 20.3 Å². The third-order valence-corrected chi connectivity index (χ3v) is 5.02. The van der Waals surface area contributed by atoms with Gasteiger partial charge in [0.15, 0.2) is 0 Å². The molecule has 2 aromatic heterocycles. The smallest absolute Gasteiger partial charge is 0.258 e. The molecule has 0 aliphatic heterocycles. The highest BCUT2D eigenvalue weighted by molar-refractivity contribution is 5.96. The molecule has 0 saturated heterocycles. The number of fused-ring (bicyclic) bond motifs is 1. The topological polar surface area (TPSA) is 82.7 Å². The predicted molar refractivity (Wildman–Crippen MR) is 118 cm³/mol. The SMILES string of the molecule is COc1ccc(NC(=O)Cc2cn(Cc3ccco3)c(=O)c3ccccc23)c(OC)c1. The van der Waals surface area contributed by atoms with Gasteiger partial charge in [-0.1, -0.05) is 18.2 Å². The van der Waals surface area contributed by atoms with Crippen LogP contribution in [-0.2, 0) is 17.8 Å². The second-order valence-electron chi connectivity index (χ2n) is 7.00. The van der Waals surface area contributed by atoms with Crippen molar-refractivity contribution < 1.29 is 18.7 Å². The summed E-state index contributed by atoms with van der Waals surface area (Å²) in [6.07, 6.45) is 3.38. The number of furan rings is 1. The number of nitrogens with zero attached hydrogens (tertiary/aromatic N) is 1. The van der Waals surface area contributed by atoms with Crippen molar-refractivity contribution in [3.63, 3.8) is 0 Å². The van der Waals surface area contributed by atoms with Crippen molar-refractivity contribution in [2.45, 2.75) is 13.0 Å². The number of rotatable bonds is 7. The summed E-state index contributed by atoms with van der Waals surface area (Å²) in [7, 11) is 3.10. The molecule has 31 heavy (non-hydrogen) atoms. The van der Waals surface area contributed by atoms with Crippen LogP contribution in [0.3, 0.4) is 0 Å². The Morgan fingerprint density at radius 1 is 1.03 bits per heavy atom. The fourth-order valence-electron chi connectivity index (χ4n) is 3.52. The molecule has 0 aliphatic carbocycles. The highest BCUT2D eigenvalue weighted by Crippen LogP contribution is 2.29. The molecule has 0 bridgehead atoms.